The van der Waals surface area contributed by atoms with E-state index in [1.165, 1.54) is 39.5 Å². The van der Waals surface area contributed by atoms with Crippen molar-refractivity contribution in [3.8, 4) is 34.5 Å². The molecule has 0 atom stereocenters. The molecule has 3 aromatic carbocycles. The van der Waals surface area contributed by atoms with Crippen LogP contribution in [-0.2, 0) is 18.6 Å². The van der Waals surface area contributed by atoms with Crippen LogP contribution in [0.5, 0.6) is 34.5 Å². The zero-order chi connectivity index (χ0) is 22.8. The van der Waals surface area contributed by atoms with E-state index in [0.29, 0.717) is 17.2 Å². The molecule has 0 heterocycles. The maximum Gasteiger partial charge on any atom is 0.583 e. The summed E-state index contributed by atoms with van der Waals surface area (Å²) in [6.45, 7) is 0. The lowest BCUT2D eigenvalue weighted by Crippen LogP contribution is -2.09. The van der Waals surface area contributed by atoms with Gasteiger partial charge in [0.2, 0.25) is 17.2 Å². The molecule has 170 valence electrons. The Morgan fingerprint density at radius 3 is 0.969 bits per heavy atom. The summed E-state index contributed by atoms with van der Waals surface area (Å²) in [6.07, 6.45) is 0. The summed E-state index contributed by atoms with van der Waals surface area (Å²) in [6, 6.07) is 19.5. The van der Waals surface area contributed by atoms with E-state index in [9.17, 15) is 4.57 Å². The van der Waals surface area contributed by atoms with Crippen LogP contribution in [0.1, 0.15) is 0 Å². The highest BCUT2D eigenvalue weighted by molar-refractivity contribution is 7.48. The zero-order valence-corrected chi connectivity index (χ0v) is 18.4. The Labute approximate surface area is 184 Å². The van der Waals surface area contributed by atoms with Gasteiger partial charge in [-0.25, -0.2) is 4.57 Å². The molecule has 11 heteroatoms. The van der Waals surface area contributed by atoms with Crippen LogP contribution in [0, 0.1) is 0 Å². The van der Waals surface area contributed by atoms with E-state index in [2.05, 4.69) is 0 Å². The minimum Gasteiger partial charge on any atom is -0.493 e. The van der Waals surface area contributed by atoms with E-state index in [1.54, 1.807) is 54.6 Å². The molecule has 0 spiro atoms. The average molecular weight is 464 g/mol. The number of ether oxygens (including phenoxy) is 3. The number of methoxy groups -OCH3 is 3. The number of benzene rings is 3. The van der Waals surface area contributed by atoms with Gasteiger partial charge in [-0.1, -0.05) is 50.4 Å². The molecule has 0 N–H and O–H groups in total. The third kappa shape index (κ3) is 6.05. The highest BCUT2D eigenvalue weighted by atomic mass is 31.2. The molecule has 0 saturated carbocycles. The summed E-state index contributed by atoms with van der Waals surface area (Å²) >= 11 is 0. The molecule has 0 saturated heterocycles. The van der Waals surface area contributed by atoms with Crippen molar-refractivity contribution in [2.45, 2.75) is 0 Å². The van der Waals surface area contributed by atoms with E-state index >= 15 is 0 Å². The topological polar surface area (TPSA) is 100 Å². The van der Waals surface area contributed by atoms with Crippen LogP contribution >= 0.6 is 7.82 Å². The van der Waals surface area contributed by atoms with Crippen molar-refractivity contribution < 1.29 is 47.5 Å². The molecule has 10 nitrogen and oxygen atoms in total. The van der Waals surface area contributed by atoms with Gasteiger partial charge in [-0.2, -0.15) is 0 Å². The molecule has 0 aliphatic heterocycles. The third-order valence-corrected chi connectivity index (χ3v) is 4.63. The van der Waals surface area contributed by atoms with Gasteiger partial charge in [0, 0.05) is 0 Å². The molecule has 32 heavy (non-hydrogen) atoms. The van der Waals surface area contributed by atoms with E-state index in [-0.39, 0.29) is 17.2 Å². The number of rotatable bonds is 12. The molecule has 0 bridgehead atoms. The number of para-hydroxylation sites is 6. The van der Waals surface area contributed by atoms with Gasteiger partial charge in [-0.05, 0) is 36.4 Å². The molecule has 0 aliphatic carbocycles. The van der Waals surface area contributed by atoms with E-state index in [4.69, 9.17) is 42.9 Å². The lowest BCUT2D eigenvalue weighted by molar-refractivity contribution is -0.238. The van der Waals surface area contributed by atoms with Crippen LogP contribution in [0.15, 0.2) is 72.8 Å². The third-order valence-electron chi connectivity index (χ3n) is 3.86. The summed E-state index contributed by atoms with van der Waals surface area (Å²) < 4.78 is 43.5. The summed E-state index contributed by atoms with van der Waals surface area (Å²) in [7, 11) is -0.335. The normalized spacial score (nSPS) is 10.8. The Bertz CT molecular complexity index is 926. The van der Waals surface area contributed by atoms with Crippen LogP contribution in [-0.4, -0.2) is 21.3 Å². The highest BCUT2D eigenvalue weighted by Gasteiger charge is 2.36. The zero-order valence-electron chi connectivity index (χ0n) is 17.5. The van der Waals surface area contributed by atoms with E-state index in [0.717, 1.165) is 0 Å². The second-order valence-electron chi connectivity index (χ2n) is 5.87. The summed E-state index contributed by atoms with van der Waals surface area (Å²) in [5, 5.41) is 0. The monoisotopic (exact) mass is 464 g/mol. The molecule has 0 aromatic heterocycles. The van der Waals surface area contributed by atoms with Crippen molar-refractivity contribution in [1.29, 1.82) is 0 Å². The first-order valence-electron chi connectivity index (χ1n) is 9.16. The molecular weight excluding hydrogens is 443 g/mol. The number of hydrogen-bond donors (Lipinski definition) is 0. The van der Waals surface area contributed by atoms with Crippen molar-refractivity contribution in [2.75, 3.05) is 21.3 Å². The van der Waals surface area contributed by atoms with Crippen molar-refractivity contribution in [3.05, 3.63) is 72.8 Å². The molecular formula is C21H21O10P. The molecule has 0 radical (unpaired) electrons. The van der Waals surface area contributed by atoms with E-state index < -0.39 is 7.82 Å². The van der Waals surface area contributed by atoms with Gasteiger partial charge in [0.1, 0.15) is 0 Å². The fraction of sp³-hybridized carbons (Fsp3) is 0.143. The fourth-order valence-corrected chi connectivity index (χ4v) is 2.95. The van der Waals surface area contributed by atoms with Crippen LogP contribution < -0.4 is 28.9 Å². The SMILES string of the molecule is COc1ccccc1OOP(=O)(OOc1ccccc1OC)OOc1ccccc1OC. The van der Waals surface area contributed by atoms with Crippen LogP contribution in [0.3, 0.4) is 0 Å². The highest BCUT2D eigenvalue weighted by Crippen LogP contribution is 2.51. The summed E-state index contributed by atoms with van der Waals surface area (Å²) in [5.74, 6) is 1.27. The van der Waals surface area contributed by atoms with Crippen molar-refractivity contribution in [2.24, 2.45) is 0 Å². The molecule has 3 aromatic rings. The smallest absolute Gasteiger partial charge is 0.493 e. The predicted molar refractivity (Wildman–Crippen MR) is 112 cm³/mol. The minimum absolute atomic E-state index is 0.108. The van der Waals surface area contributed by atoms with Gasteiger partial charge in [0.25, 0.3) is 0 Å². The fourth-order valence-electron chi connectivity index (χ4n) is 2.36. The second-order valence-corrected chi connectivity index (χ2v) is 7.22. The largest absolute Gasteiger partial charge is 0.583 e. The average Bonchev–Trinajstić information content (AvgIpc) is 2.85. The number of phosphoric acid groups is 1. The van der Waals surface area contributed by atoms with Gasteiger partial charge in [0.05, 0.1) is 21.3 Å². The molecule has 0 amide bonds. The first-order chi connectivity index (χ1) is 15.6. The first kappa shape index (κ1) is 23.2. The number of hydrogen-bond acceptors (Lipinski definition) is 10. The van der Waals surface area contributed by atoms with Crippen LogP contribution in [0.25, 0.3) is 0 Å². The molecule has 3 rings (SSSR count). The van der Waals surface area contributed by atoms with Gasteiger partial charge in [-0.15, -0.1) is 0 Å². The van der Waals surface area contributed by atoms with E-state index in [1.807, 2.05) is 0 Å². The van der Waals surface area contributed by atoms with Gasteiger partial charge in [0.15, 0.2) is 17.2 Å². The molecule has 0 fully saturated rings. The van der Waals surface area contributed by atoms with Crippen LogP contribution in [0.4, 0.5) is 0 Å². The van der Waals surface area contributed by atoms with Gasteiger partial charge < -0.3 is 28.9 Å². The van der Waals surface area contributed by atoms with Gasteiger partial charge in [-0.3, -0.25) is 0 Å². The lowest BCUT2D eigenvalue weighted by Gasteiger charge is -2.17. The first-order valence-corrected chi connectivity index (χ1v) is 10.6. The lowest BCUT2D eigenvalue weighted by atomic mass is 10.3. The Morgan fingerprint density at radius 2 is 0.719 bits per heavy atom. The minimum atomic E-state index is -4.64. The molecule has 0 unspecified atom stereocenters. The Kier molecular flexibility index (Phi) is 8.18. The quantitative estimate of drug-likeness (QED) is 0.203. The summed E-state index contributed by atoms with van der Waals surface area (Å²) in [4.78, 5) is 15.4. The standard InChI is InChI=1S/C21H21O10P/c1-23-16-10-4-7-13-19(16)26-29-32(22,30-27-20-14-8-5-11-17(20)24-2)31-28-21-15-9-6-12-18(21)25-3/h4-15H,1-3H3. The molecule has 0 aliphatic rings. The predicted octanol–water partition coefficient (Wildman–Crippen LogP) is 5.15. The Hall–Kier alpha value is -3.43. The van der Waals surface area contributed by atoms with Gasteiger partial charge >= 0.3 is 7.82 Å². The van der Waals surface area contributed by atoms with Crippen molar-refractivity contribution in [3.63, 3.8) is 0 Å². The second kappa shape index (κ2) is 11.3. The van der Waals surface area contributed by atoms with Crippen LogP contribution in [0.2, 0.25) is 0 Å². The Morgan fingerprint density at radius 1 is 0.469 bits per heavy atom. The van der Waals surface area contributed by atoms with Crippen molar-refractivity contribution in [1.82, 2.24) is 0 Å². The van der Waals surface area contributed by atoms with Crippen molar-refractivity contribution >= 4 is 7.82 Å². The Balaban J connectivity index is 1.77. The maximum absolute atomic E-state index is 13.2. The maximum atomic E-state index is 13.2. The summed E-state index contributed by atoms with van der Waals surface area (Å²) in [5.41, 5.74) is 0.